The molecule has 0 N–H and O–H groups in total. The van der Waals surface area contributed by atoms with E-state index in [1.165, 1.54) is 0 Å². The highest BCUT2D eigenvalue weighted by Crippen LogP contribution is 2.32. The van der Waals surface area contributed by atoms with Crippen molar-refractivity contribution in [2.75, 3.05) is 13.2 Å². The van der Waals surface area contributed by atoms with Gasteiger partial charge in [-0.1, -0.05) is 19.1 Å². The van der Waals surface area contributed by atoms with Crippen LogP contribution in [0.4, 0.5) is 0 Å². The molecule has 0 aliphatic carbocycles. The van der Waals surface area contributed by atoms with Gasteiger partial charge in [0.25, 0.3) is 0 Å². The summed E-state index contributed by atoms with van der Waals surface area (Å²) in [5.74, 6) is 1.69. The maximum absolute atomic E-state index is 12.5. The molecule has 1 aliphatic rings. The van der Waals surface area contributed by atoms with Crippen LogP contribution in [-0.2, 0) is 0 Å². The van der Waals surface area contributed by atoms with Gasteiger partial charge in [-0.05, 0) is 52.9 Å². The van der Waals surface area contributed by atoms with E-state index in [2.05, 4.69) is 29.5 Å². The SMILES string of the molecule is CC1COc2ccc(C(=O)c3cccc(I)c3)cc2OC1. The van der Waals surface area contributed by atoms with E-state index < -0.39 is 0 Å². The molecule has 3 rings (SSSR count). The number of benzene rings is 2. The van der Waals surface area contributed by atoms with Crippen LogP contribution in [0.25, 0.3) is 0 Å². The Morgan fingerprint density at radius 1 is 1.05 bits per heavy atom. The Balaban J connectivity index is 1.92. The fraction of sp³-hybridized carbons (Fsp3) is 0.235. The number of halogens is 1. The van der Waals surface area contributed by atoms with Gasteiger partial charge in [0.05, 0.1) is 13.2 Å². The highest BCUT2D eigenvalue weighted by molar-refractivity contribution is 14.1. The molecule has 21 heavy (non-hydrogen) atoms. The fourth-order valence-electron chi connectivity index (χ4n) is 2.19. The number of rotatable bonds is 2. The van der Waals surface area contributed by atoms with Crippen molar-refractivity contribution < 1.29 is 14.3 Å². The van der Waals surface area contributed by atoms with E-state index in [-0.39, 0.29) is 5.78 Å². The number of carbonyl (C=O) groups is 1. The third-order valence-corrected chi connectivity index (χ3v) is 4.01. The van der Waals surface area contributed by atoms with E-state index >= 15 is 0 Å². The maximum atomic E-state index is 12.5. The van der Waals surface area contributed by atoms with Crippen LogP contribution in [0.1, 0.15) is 22.8 Å². The minimum Gasteiger partial charge on any atom is -0.489 e. The quantitative estimate of drug-likeness (QED) is 0.572. The smallest absolute Gasteiger partial charge is 0.193 e. The van der Waals surface area contributed by atoms with Crippen molar-refractivity contribution in [3.63, 3.8) is 0 Å². The van der Waals surface area contributed by atoms with Gasteiger partial charge in [-0.15, -0.1) is 0 Å². The lowest BCUT2D eigenvalue weighted by Gasteiger charge is -2.09. The average molecular weight is 394 g/mol. The highest BCUT2D eigenvalue weighted by atomic mass is 127. The monoisotopic (exact) mass is 394 g/mol. The minimum atomic E-state index is -0.00258. The second-order valence-electron chi connectivity index (χ2n) is 5.23. The first-order chi connectivity index (χ1) is 10.1. The Labute approximate surface area is 137 Å². The molecule has 0 spiro atoms. The molecule has 2 aromatic carbocycles. The first-order valence-electron chi connectivity index (χ1n) is 6.83. The molecule has 1 aliphatic heterocycles. The lowest BCUT2D eigenvalue weighted by Crippen LogP contribution is -2.12. The molecule has 0 saturated heterocycles. The van der Waals surface area contributed by atoms with Gasteiger partial charge < -0.3 is 9.47 Å². The summed E-state index contributed by atoms with van der Waals surface area (Å²) >= 11 is 2.20. The fourth-order valence-corrected chi connectivity index (χ4v) is 2.73. The van der Waals surface area contributed by atoms with Crippen molar-refractivity contribution in [1.82, 2.24) is 0 Å². The minimum absolute atomic E-state index is 0.00258. The van der Waals surface area contributed by atoms with E-state index in [1.54, 1.807) is 12.1 Å². The van der Waals surface area contributed by atoms with Crippen LogP contribution in [0.2, 0.25) is 0 Å². The third kappa shape index (κ3) is 3.20. The van der Waals surface area contributed by atoms with Crippen molar-refractivity contribution in [1.29, 1.82) is 0 Å². The number of ether oxygens (including phenoxy) is 2. The zero-order valence-electron chi connectivity index (χ0n) is 11.6. The van der Waals surface area contributed by atoms with Crippen molar-refractivity contribution in [3.05, 3.63) is 57.2 Å². The lowest BCUT2D eigenvalue weighted by atomic mass is 10.0. The predicted octanol–water partition coefficient (Wildman–Crippen LogP) is 3.93. The van der Waals surface area contributed by atoms with Gasteiger partial charge in [0.1, 0.15) is 0 Å². The summed E-state index contributed by atoms with van der Waals surface area (Å²) in [6.07, 6.45) is 0. The molecular weight excluding hydrogens is 379 g/mol. The summed E-state index contributed by atoms with van der Waals surface area (Å²) in [4.78, 5) is 12.5. The largest absolute Gasteiger partial charge is 0.489 e. The van der Waals surface area contributed by atoms with Crippen molar-refractivity contribution in [2.24, 2.45) is 5.92 Å². The highest BCUT2D eigenvalue weighted by Gasteiger charge is 2.18. The molecule has 3 nitrogen and oxygen atoms in total. The molecule has 2 aromatic rings. The summed E-state index contributed by atoms with van der Waals surface area (Å²) in [5, 5.41) is 0. The molecule has 1 heterocycles. The zero-order chi connectivity index (χ0) is 14.8. The van der Waals surface area contributed by atoms with E-state index in [1.807, 2.05) is 30.3 Å². The molecule has 1 unspecified atom stereocenters. The predicted molar refractivity (Wildman–Crippen MR) is 89.2 cm³/mol. The van der Waals surface area contributed by atoms with E-state index in [4.69, 9.17) is 9.47 Å². The van der Waals surface area contributed by atoms with Gasteiger partial charge in [-0.25, -0.2) is 0 Å². The van der Waals surface area contributed by atoms with Crippen molar-refractivity contribution in [3.8, 4) is 11.5 Å². The first kappa shape index (κ1) is 14.4. The first-order valence-corrected chi connectivity index (χ1v) is 7.91. The Morgan fingerprint density at radius 3 is 2.52 bits per heavy atom. The number of fused-ring (bicyclic) bond motifs is 1. The molecule has 0 aromatic heterocycles. The molecular formula is C17H15IO3. The molecule has 0 radical (unpaired) electrons. The normalized spacial score (nSPS) is 17.1. The van der Waals surface area contributed by atoms with Gasteiger partial charge in [0, 0.05) is 20.6 Å². The Bertz CT molecular complexity index is 681. The van der Waals surface area contributed by atoms with Gasteiger partial charge >= 0.3 is 0 Å². The van der Waals surface area contributed by atoms with Crippen LogP contribution in [0.15, 0.2) is 42.5 Å². The van der Waals surface area contributed by atoms with Gasteiger partial charge in [-0.2, -0.15) is 0 Å². The van der Waals surface area contributed by atoms with Crippen LogP contribution >= 0.6 is 22.6 Å². The summed E-state index contributed by atoms with van der Waals surface area (Å²) in [6.45, 7) is 3.31. The third-order valence-electron chi connectivity index (χ3n) is 3.34. The van der Waals surface area contributed by atoms with Crippen molar-refractivity contribution >= 4 is 28.4 Å². The topological polar surface area (TPSA) is 35.5 Å². The number of hydrogen-bond donors (Lipinski definition) is 0. The number of carbonyl (C=O) groups excluding carboxylic acids is 1. The second kappa shape index (κ2) is 6.05. The summed E-state index contributed by atoms with van der Waals surface area (Å²) < 4.78 is 12.5. The second-order valence-corrected chi connectivity index (χ2v) is 6.47. The number of hydrogen-bond acceptors (Lipinski definition) is 3. The van der Waals surface area contributed by atoms with E-state index in [0.717, 1.165) is 3.57 Å². The van der Waals surface area contributed by atoms with E-state index in [9.17, 15) is 4.79 Å². The standard InChI is InChI=1S/C17H15IO3/c1-11-9-20-15-6-5-13(8-16(15)21-10-11)17(19)12-3-2-4-14(18)7-12/h2-8,11H,9-10H2,1H3. The van der Waals surface area contributed by atoms with Crippen LogP contribution < -0.4 is 9.47 Å². The molecule has 0 bridgehead atoms. The maximum Gasteiger partial charge on any atom is 0.193 e. The summed E-state index contributed by atoms with van der Waals surface area (Å²) in [7, 11) is 0. The lowest BCUT2D eigenvalue weighted by molar-refractivity contribution is 0.103. The Hall–Kier alpha value is -1.56. The molecule has 108 valence electrons. The number of ketones is 1. The summed E-state index contributed by atoms with van der Waals surface area (Å²) in [6, 6.07) is 12.9. The van der Waals surface area contributed by atoms with Crippen LogP contribution in [0.3, 0.4) is 0 Å². The Morgan fingerprint density at radius 2 is 1.76 bits per heavy atom. The molecule has 0 amide bonds. The van der Waals surface area contributed by atoms with Crippen molar-refractivity contribution in [2.45, 2.75) is 6.92 Å². The molecule has 0 saturated carbocycles. The molecule has 1 atom stereocenters. The van der Waals surface area contributed by atoms with Gasteiger partial charge in [-0.3, -0.25) is 4.79 Å². The molecule has 4 heteroatoms. The van der Waals surface area contributed by atoms with Crippen LogP contribution in [0, 0.1) is 9.49 Å². The average Bonchev–Trinajstić information content (AvgIpc) is 2.68. The van der Waals surface area contributed by atoms with Gasteiger partial charge in [0.2, 0.25) is 0 Å². The van der Waals surface area contributed by atoms with Crippen LogP contribution in [0.5, 0.6) is 11.5 Å². The van der Waals surface area contributed by atoms with E-state index in [0.29, 0.717) is 41.8 Å². The molecule has 0 fully saturated rings. The Kier molecular flexibility index (Phi) is 4.14. The van der Waals surface area contributed by atoms with Gasteiger partial charge in [0.15, 0.2) is 17.3 Å². The zero-order valence-corrected chi connectivity index (χ0v) is 13.8. The van der Waals surface area contributed by atoms with Crippen LogP contribution in [-0.4, -0.2) is 19.0 Å². The summed E-state index contributed by atoms with van der Waals surface area (Å²) in [5.41, 5.74) is 1.30.